The number of aromatic nitrogens is 2. The topological polar surface area (TPSA) is 63.3 Å². The Bertz CT molecular complexity index is 806. The van der Waals surface area contributed by atoms with Crippen LogP contribution in [0.1, 0.15) is 5.56 Å². The van der Waals surface area contributed by atoms with E-state index < -0.39 is 0 Å². The SMILES string of the molecule is c1ccc(-c2conc2-c2ccc(C3=NCCN3)cc2)nc1. The quantitative estimate of drug-likeness (QED) is 0.805. The zero-order chi connectivity index (χ0) is 14.8. The van der Waals surface area contributed by atoms with Crippen LogP contribution in [-0.2, 0) is 0 Å². The van der Waals surface area contributed by atoms with Crippen LogP contribution in [0.2, 0.25) is 0 Å². The third-order valence-corrected chi connectivity index (χ3v) is 3.62. The second kappa shape index (κ2) is 5.44. The highest BCUT2D eigenvalue weighted by Crippen LogP contribution is 2.29. The molecule has 5 heteroatoms. The molecule has 0 amide bonds. The molecule has 5 nitrogen and oxygen atoms in total. The summed E-state index contributed by atoms with van der Waals surface area (Å²) in [6.45, 7) is 1.74. The Morgan fingerprint density at radius 1 is 1.00 bits per heavy atom. The summed E-state index contributed by atoms with van der Waals surface area (Å²) < 4.78 is 5.16. The molecule has 0 fully saturated rings. The van der Waals surface area contributed by atoms with Crippen LogP contribution < -0.4 is 5.32 Å². The highest BCUT2D eigenvalue weighted by atomic mass is 16.5. The minimum Gasteiger partial charge on any atom is -0.368 e. The first kappa shape index (κ1) is 12.8. The number of amidine groups is 1. The number of hydrogen-bond acceptors (Lipinski definition) is 5. The second-order valence-corrected chi connectivity index (χ2v) is 5.03. The zero-order valence-corrected chi connectivity index (χ0v) is 11.9. The molecule has 0 bridgehead atoms. The third kappa shape index (κ3) is 2.26. The summed E-state index contributed by atoms with van der Waals surface area (Å²) >= 11 is 0. The van der Waals surface area contributed by atoms with Gasteiger partial charge in [0.2, 0.25) is 0 Å². The standard InChI is InChI=1S/C17H14N4O/c1-2-8-18-15(3-1)14-11-22-21-16(14)12-4-6-13(7-5-12)17-19-9-10-20-17/h1-8,11H,9-10H2,(H,19,20). The molecule has 0 atom stereocenters. The van der Waals surface area contributed by atoms with Crippen LogP contribution >= 0.6 is 0 Å². The molecule has 3 aromatic rings. The van der Waals surface area contributed by atoms with E-state index in [2.05, 4.69) is 20.4 Å². The molecule has 0 saturated heterocycles. The van der Waals surface area contributed by atoms with Crippen molar-refractivity contribution in [2.75, 3.05) is 13.1 Å². The van der Waals surface area contributed by atoms with Crippen LogP contribution in [0.3, 0.4) is 0 Å². The van der Waals surface area contributed by atoms with Gasteiger partial charge >= 0.3 is 0 Å². The molecule has 3 heterocycles. The average molecular weight is 290 g/mol. The molecule has 0 aliphatic carbocycles. The Kier molecular flexibility index (Phi) is 3.16. The third-order valence-electron chi connectivity index (χ3n) is 3.62. The van der Waals surface area contributed by atoms with Crippen molar-refractivity contribution in [1.29, 1.82) is 0 Å². The van der Waals surface area contributed by atoms with Gasteiger partial charge in [-0.3, -0.25) is 9.98 Å². The van der Waals surface area contributed by atoms with Crippen molar-refractivity contribution in [1.82, 2.24) is 15.5 Å². The Hall–Kier alpha value is -2.95. The van der Waals surface area contributed by atoms with Gasteiger partial charge in [-0.25, -0.2) is 0 Å². The lowest BCUT2D eigenvalue weighted by Gasteiger charge is -2.04. The van der Waals surface area contributed by atoms with Crippen LogP contribution in [0.25, 0.3) is 22.5 Å². The molecule has 0 saturated carbocycles. The van der Waals surface area contributed by atoms with Crippen molar-refractivity contribution in [3.63, 3.8) is 0 Å². The molecule has 108 valence electrons. The second-order valence-electron chi connectivity index (χ2n) is 5.03. The Morgan fingerprint density at radius 3 is 2.59 bits per heavy atom. The molecule has 22 heavy (non-hydrogen) atoms. The normalized spacial score (nSPS) is 13.7. The summed E-state index contributed by atoms with van der Waals surface area (Å²) in [5.41, 5.74) is 4.63. The summed E-state index contributed by atoms with van der Waals surface area (Å²) in [5.74, 6) is 0.955. The van der Waals surface area contributed by atoms with E-state index in [-0.39, 0.29) is 0 Å². The Balaban J connectivity index is 1.70. The van der Waals surface area contributed by atoms with Crippen molar-refractivity contribution in [3.05, 3.63) is 60.5 Å². The van der Waals surface area contributed by atoms with E-state index in [1.54, 1.807) is 12.5 Å². The van der Waals surface area contributed by atoms with Gasteiger partial charge in [0.25, 0.3) is 0 Å². The molecule has 0 unspecified atom stereocenters. The summed E-state index contributed by atoms with van der Waals surface area (Å²) in [5, 5.41) is 7.40. The van der Waals surface area contributed by atoms with Gasteiger partial charge in [-0.05, 0) is 12.1 Å². The number of nitrogens with one attached hydrogen (secondary N) is 1. The first-order chi connectivity index (χ1) is 10.9. The largest absolute Gasteiger partial charge is 0.368 e. The van der Waals surface area contributed by atoms with Crippen LogP contribution in [0.4, 0.5) is 0 Å². The van der Waals surface area contributed by atoms with E-state index in [1.807, 2.05) is 42.5 Å². The lowest BCUT2D eigenvalue weighted by Crippen LogP contribution is -2.19. The number of nitrogens with zero attached hydrogens (tertiary/aromatic N) is 3. The number of pyridine rings is 1. The maximum atomic E-state index is 5.16. The van der Waals surface area contributed by atoms with Crippen molar-refractivity contribution >= 4 is 5.84 Å². The Labute approximate surface area is 127 Å². The van der Waals surface area contributed by atoms with E-state index in [0.29, 0.717) is 0 Å². The predicted octanol–water partition coefficient (Wildman–Crippen LogP) is 2.75. The van der Waals surface area contributed by atoms with E-state index in [0.717, 1.165) is 47.0 Å². The fourth-order valence-electron chi connectivity index (χ4n) is 2.53. The number of rotatable bonds is 3. The fraction of sp³-hybridized carbons (Fsp3) is 0.118. The first-order valence-electron chi connectivity index (χ1n) is 7.17. The summed E-state index contributed by atoms with van der Waals surface area (Å²) in [6, 6.07) is 13.9. The molecular weight excluding hydrogens is 276 g/mol. The monoisotopic (exact) mass is 290 g/mol. The molecule has 1 aliphatic heterocycles. The van der Waals surface area contributed by atoms with Crippen LogP contribution in [0, 0.1) is 0 Å². The molecule has 0 spiro atoms. The van der Waals surface area contributed by atoms with Gasteiger partial charge in [0, 0.05) is 23.9 Å². The van der Waals surface area contributed by atoms with E-state index >= 15 is 0 Å². The van der Waals surface area contributed by atoms with Crippen molar-refractivity contribution in [2.24, 2.45) is 4.99 Å². The Morgan fingerprint density at radius 2 is 1.86 bits per heavy atom. The molecule has 2 aromatic heterocycles. The summed E-state index contributed by atoms with van der Waals surface area (Å²) in [6.07, 6.45) is 3.40. The minimum absolute atomic E-state index is 0.798. The molecule has 0 radical (unpaired) electrons. The minimum atomic E-state index is 0.798. The lowest BCUT2D eigenvalue weighted by atomic mass is 10.0. The maximum absolute atomic E-state index is 5.16. The van der Waals surface area contributed by atoms with E-state index in [4.69, 9.17) is 4.52 Å². The van der Waals surface area contributed by atoms with Crippen LogP contribution in [-0.4, -0.2) is 29.1 Å². The highest BCUT2D eigenvalue weighted by molar-refractivity contribution is 6.00. The van der Waals surface area contributed by atoms with Gasteiger partial charge in [-0.1, -0.05) is 35.5 Å². The van der Waals surface area contributed by atoms with Crippen LogP contribution in [0.5, 0.6) is 0 Å². The first-order valence-corrected chi connectivity index (χ1v) is 7.17. The molecule has 4 rings (SSSR count). The van der Waals surface area contributed by atoms with Crippen molar-refractivity contribution in [2.45, 2.75) is 0 Å². The van der Waals surface area contributed by atoms with Gasteiger partial charge in [0.05, 0.1) is 17.8 Å². The number of aliphatic imine (C=N–C) groups is 1. The molecule has 1 aromatic carbocycles. The molecule has 1 N–H and O–H groups in total. The van der Waals surface area contributed by atoms with Gasteiger partial charge in [-0.2, -0.15) is 0 Å². The van der Waals surface area contributed by atoms with Crippen LogP contribution in [0.15, 0.2) is 64.4 Å². The van der Waals surface area contributed by atoms with Crippen molar-refractivity contribution < 1.29 is 4.52 Å². The predicted molar refractivity (Wildman–Crippen MR) is 84.6 cm³/mol. The smallest absolute Gasteiger partial charge is 0.133 e. The molecular formula is C17H14N4O. The highest BCUT2D eigenvalue weighted by Gasteiger charge is 2.14. The fourth-order valence-corrected chi connectivity index (χ4v) is 2.53. The molecule has 1 aliphatic rings. The lowest BCUT2D eigenvalue weighted by molar-refractivity contribution is 0.422. The van der Waals surface area contributed by atoms with Gasteiger partial charge in [-0.15, -0.1) is 0 Å². The summed E-state index contributed by atoms with van der Waals surface area (Å²) in [7, 11) is 0. The van der Waals surface area contributed by atoms with E-state index in [1.165, 1.54) is 0 Å². The number of hydrogen-bond donors (Lipinski definition) is 1. The number of benzene rings is 1. The van der Waals surface area contributed by atoms with Gasteiger partial charge < -0.3 is 9.84 Å². The van der Waals surface area contributed by atoms with Gasteiger partial charge in [0.1, 0.15) is 17.8 Å². The van der Waals surface area contributed by atoms with Crippen molar-refractivity contribution in [3.8, 4) is 22.5 Å². The van der Waals surface area contributed by atoms with E-state index in [9.17, 15) is 0 Å². The zero-order valence-electron chi connectivity index (χ0n) is 11.9. The summed E-state index contributed by atoms with van der Waals surface area (Å²) in [4.78, 5) is 8.78. The maximum Gasteiger partial charge on any atom is 0.133 e. The average Bonchev–Trinajstić information content (AvgIpc) is 3.28. The van der Waals surface area contributed by atoms with Gasteiger partial charge in [0.15, 0.2) is 0 Å².